The van der Waals surface area contributed by atoms with E-state index in [-0.39, 0.29) is 69.8 Å². The molecule has 1 saturated heterocycles. The highest BCUT2D eigenvalue weighted by atomic mass is 16.6. The zero-order valence-corrected chi connectivity index (χ0v) is 27.7. The lowest BCUT2D eigenvalue weighted by atomic mass is 9.60. The lowest BCUT2D eigenvalue weighted by Crippen LogP contribution is -2.40. The van der Waals surface area contributed by atoms with Crippen molar-refractivity contribution >= 4 is 52.2 Å². The number of nitro benzene ring substituents is 2. The number of ketones is 2. The lowest BCUT2D eigenvalue weighted by Gasteiger charge is -2.41. The average molecular weight is 685 g/mol. The van der Waals surface area contributed by atoms with Crippen LogP contribution in [0, 0.1) is 43.9 Å². The monoisotopic (exact) mass is 684 g/mol. The van der Waals surface area contributed by atoms with Crippen molar-refractivity contribution in [1.29, 1.82) is 0 Å². The Kier molecular flexibility index (Phi) is 8.37. The van der Waals surface area contributed by atoms with Crippen LogP contribution in [-0.2, 0) is 19.2 Å². The quantitative estimate of drug-likeness (QED) is 0.135. The first kappa shape index (κ1) is 33.8. The minimum Gasteiger partial charge on any atom is -0.502 e. The highest BCUT2D eigenvalue weighted by Gasteiger charge is 2.56. The third kappa shape index (κ3) is 5.21. The number of nitro groups is 2. The van der Waals surface area contributed by atoms with E-state index in [0.717, 1.165) is 17.0 Å². The van der Waals surface area contributed by atoms with E-state index in [1.807, 2.05) is 0 Å². The Labute approximate surface area is 285 Å². The summed E-state index contributed by atoms with van der Waals surface area (Å²) in [4.78, 5) is 79.7. The number of imide groups is 1. The number of amides is 2. The molecule has 4 unspecified atom stereocenters. The first-order valence-electron chi connectivity index (χ1n) is 15.6. The number of phenols is 1. The van der Waals surface area contributed by atoms with Crippen LogP contribution in [-0.4, -0.2) is 66.6 Å². The standard InChI is InChI=1S/C35H32N4O11/c1-16-10-26(40)23-15-22-19(20(29(23)32(16)41)7-6-17-11-27(49-4)33(42)28(12-17)50-5)8-9-21-30(22)35(44)37(34(21)43)18-13-24(38(45)46)31(36(2)3)25(14-18)39(47)48/h6-8,10-14,20-22,30,42H,9,15H2,1-5H3. The van der Waals surface area contributed by atoms with Crippen LogP contribution in [0.5, 0.6) is 17.2 Å². The minimum absolute atomic E-state index is 0.00535. The second-order valence-electron chi connectivity index (χ2n) is 12.7. The Hall–Kier alpha value is -6.12. The van der Waals surface area contributed by atoms with Crippen molar-refractivity contribution < 1.29 is 43.6 Å². The van der Waals surface area contributed by atoms with Crippen molar-refractivity contribution in [3.8, 4) is 17.2 Å². The summed E-state index contributed by atoms with van der Waals surface area (Å²) in [6.07, 6.45) is 6.53. The number of carbonyl (C=O) groups is 4. The molecule has 1 heterocycles. The Morgan fingerprint density at radius 1 is 0.940 bits per heavy atom. The maximum Gasteiger partial charge on any atom is 0.301 e. The van der Waals surface area contributed by atoms with Crippen molar-refractivity contribution in [3.05, 3.63) is 90.6 Å². The van der Waals surface area contributed by atoms with Gasteiger partial charge in [-0.3, -0.25) is 39.4 Å². The average Bonchev–Trinajstić information content (AvgIpc) is 3.34. The van der Waals surface area contributed by atoms with Crippen LogP contribution >= 0.6 is 0 Å². The number of methoxy groups -OCH3 is 2. The van der Waals surface area contributed by atoms with Crippen LogP contribution in [0.3, 0.4) is 0 Å². The predicted molar refractivity (Wildman–Crippen MR) is 179 cm³/mol. The summed E-state index contributed by atoms with van der Waals surface area (Å²) < 4.78 is 10.5. The van der Waals surface area contributed by atoms with Gasteiger partial charge in [0.15, 0.2) is 28.8 Å². The molecule has 0 bridgehead atoms. The molecule has 4 atom stereocenters. The Balaban J connectivity index is 1.45. The molecule has 0 radical (unpaired) electrons. The van der Waals surface area contributed by atoms with E-state index in [1.54, 1.807) is 37.3 Å². The van der Waals surface area contributed by atoms with E-state index >= 15 is 0 Å². The van der Waals surface area contributed by atoms with Gasteiger partial charge >= 0.3 is 11.4 Å². The van der Waals surface area contributed by atoms with E-state index in [1.165, 1.54) is 39.3 Å². The molecule has 15 nitrogen and oxygen atoms in total. The number of anilines is 2. The summed E-state index contributed by atoms with van der Waals surface area (Å²) in [5.74, 6) is -5.41. The topological polar surface area (TPSA) is 200 Å². The van der Waals surface area contributed by atoms with Crippen molar-refractivity contribution in [2.45, 2.75) is 19.8 Å². The Morgan fingerprint density at radius 3 is 2.08 bits per heavy atom. The molecule has 0 saturated carbocycles. The zero-order valence-electron chi connectivity index (χ0n) is 27.7. The number of benzene rings is 2. The Morgan fingerprint density at radius 2 is 1.54 bits per heavy atom. The summed E-state index contributed by atoms with van der Waals surface area (Å²) in [5, 5.41) is 34.4. The summed E-state index contributed by atoms with van der Waals surface area (Å²) >= 11 is 0. The third-order valence-corrected chi connectivity index (χ3v) is 9.75. The molecule has 4 aliphatic rings. The molecular formula is C35H32N4O11. The second kappa shape index (κ2) is 12.4. The van der Waals surface area contributed by atoms with Crippen LogP contribution in [0.4, 0.5) is 22.7 Å². The Bertz CT molecular complexity index is 2000. The van der Waals surface area contributed by atoms with Gasteiger partial charge in [0.05, 0.1) is 41.6 Å². The normalized spacial score (nSPS) is 22.9. The van der Waals surface area contributed by atoms with E-state index in [9.17, 15) is 44.5 Å². The van der Waals surface area contributed by atoms with E-state index in [4.69, 9.17) is 9.47 Å². The molecule has 2 amide bonds. The maximum atomic E-state index is 14.3. The zero-order chi connectivity index (χ0) is 36.3. The van der Waals surface area contributed by atoms with E-state index in [2.05, 4.69) is 0 Å². The van der Waals surface area contributed by atoms with Crippen molar-refractivity contribution in [2.75, 3.05) is 38.1 Å². The molecule has 2 aromatic carbocycles. The number of hydrogen-bond donors (Lipinski definition) is 1. The van der Waals surface area contributed by atoms with Gasteiger partial charge in [0, 0.05) is 48.9 Å². The smallest absolute Gasteiger partial charge is 0.301 e. The van der Waals surface area contributed by atoms with Gasteiger partial charge in [-0.2, -0.15) is 0 Å². The minimum atomic E-state index is -1.01. The number of ether oxygens (including phenoxy) is 2. The number of carbonyl (C=O) groups excluding carboxylic acids is 4. The van der Waals surface area contributed by atoms with E-state index < -0.39 is 56.7 Å². The molecule has 0 spiro atoms. The maximum absolute atomic E-state index is 14.3. The van der Waals surface area contributed by atoms with E-state index in [0.29, 0.717) is 11.1 Å². The fourth-order valence-corrected chi connectivity index (χ4v) is 7.57. The predicted octanol–water partition coefficient (Wildman–Crippen LogP) is 4.47. The van der Waals surface area contributed by atoms with Gasteiger partial charge in [-0.15, -0.1) is 0 Å². The number of rotatable bonds is 8. The SMILES string of the molecule is COc1cc(C=CC2C3=CCC4C(=O)N(c5cc([N+](=O)[O-])c(N(C)C)c([N+](=O)[O-])c5)C(=O)C4C3CC3=C2C(=O)C(C)=CC3=O)cc(OC)c1O. The number of phenolic OH excluding ortho intramolecular Hbond substituents is 1. The first-order valence-corrected chi connectivity index (χ1v) is 15.6. The van der Waals surface area contributed by atoms with Gasteiger partial charge in [-0.1, -0.05) is 23.8 Å². The number of nitrogens with zero attached hydrogens (tertiary/aromatic N) is 4. The van der Waals surface area contributed by atoms with Crippen LogP contribution in [0.2, 0.25) is 0 Å². The molecule has 2 aromatic rings. The second-order valence-corrected chi connectivity index (χ2v) is 12.7. The molecule has 50 heavy (non-hydrogen) atoms. The van der Waals surface area contributed by atoms with Crippen LogP contribution in [0.25, 0.3) is 6.08 Å². The number of Topliss-reactive ketones (excluding diaryl/α,β-unsaturated/α-hetero) is 1. The van der Waals surface area contributed by atoms with Gasteiger partial charge in [0.1, 0.15) is 0 Å². The largest absolute Gasteiger partial charge is 0.502 e. The molecule has 0 aromatic heterocycles. The lowest BCUT2D eigenvalue weighted by molar-refractivity contribution is -0.392. The van der Waals surface area contributed by atoms with Crippen molar-refractivity contribution in [1.82, 2.24) is 0 Å². The van der Waals surface area contributed by atoms with Crippen LogP contribution < -0.4 is 19.3 Å². The first-order chi connectivity index (χ1) is 23.7. The number of fused-ring (bicyclic) bond motifs is 3. The molecule has 1 fully saturated rings. The van der Waals surface area contributed by atoms with Gasteiger partial charge in [0.25, 0.3) is 0 Å². The van der Waals surface area contributed by atoms with Crippen LogP contribution in [0.15, 0.2) is 64.8 Å². The van der Waals surface area contributed by atoms with Gasteiger partial charge in [-0.25, -0.2) is 4.90 Å². The van der Waals surface area contributed by atoms with Gasteiger partial charge in [0.2, 0.25) is 17.6 Å². The molecule has 3 aliphatic carbocycles. The number of hydrogen-bond acceptors (Lipinski definition) is 12. The molecule has 258 valence electrons. The van der Waals surface area contributed by atoms with Crippen molar-refractivity contribution in [3.63, 3.8) is 0 Å². The molecule has 6 rings (SSSR count). The molecular weight excluding hydrogens is 652 g/mol. The fraction of sp³-hybridized carbons (Fsp3) is 0.314. The fourth-order valence-electron chi connectivity index (χ4n) is 7.57. The summed E-state index contributed by atoms with van der Waals surface area (Å²) in [6, 6.07) is 5.08. The molecule has 1 N–H and O–H groups in total. The van der Waals surface area contributed by atoms with Gasteiger partial charge in [-0.05, 0) is 49.5 Å². The number of allylic oxidation sites excluding steroid dienone is 7. The summed E-state index contributed by atoms with van der Waals surface area (Å²) in [5.41, 5.74) is 0.0448. The summed E-state index contributed by atoms with van der Waals surface area (Å²) in [7, 11) is 5.57. The van der Waals surface area contributed by atoms with Crippen molar-refractivity contribution in [2.24, 2.45) is 23.7 Å². The van der Waals surface area contributed by atoms with Crippen LogP contribution in [0.1, 0.15) is 25.3 Å². The highest BCUT2D eigenvalue weighted by Crippen LogP contribution is 2.54. The molecule has 1 aliphatic heterocycles. The summed E-state index contributed by atoms with van der Waals surface area (Å²) in [6.45, 7) is 1.55. The number of aromatic hydroxyl groups is 1. The molecule has 15 heteroatoms. The third-order valence-electron chi connectivity index (χ3n) is 9.75. The highest BCUT2D eigenvalue weighted by molar-refractivity contribution is 6.25. The van der Waals surface area contributed by atoms with Gasteiger partial charge < -0.3 is 19.5 Å².